The molecular weight excluding hydrogens is 3030 g/mol. The van der Waals surface area contributed by atoms with E-state index in [1.54, 1.807) is 38.5 Å². The number of cyclic esters (lactones) is 3. The van der Waals surface area contributed by atoms with Crippen LogP contribution in [0.15, 0.2) is 92.0 Å². The summed E-state index contributed by atoms with van der Waals surface area (Å²) in [5, 5.41) is 25.1. The topological polar surface area (TPSA) is 391 Å². The summed E-state index contributed by atoms with van der Waals surface area (Å²) in [5.74, 6) is 13.6. The van der Waals surface area contributed by atoms with Gasteiger partial charge >= 0.3 is 703 Å². The number of hydrogen-bond acceptors (Lipinski definition) is 26. The fourth-order valence-corrected chi connectivity index (χ4v) is 19.9. The fraction of sp³-hybridized carbons (Fsp3) is 0.398. The molecule has 737 valence electrons. The number of imide groups is 4. The molecule has 0 aromatic rings. The molecule has 5 radical (unpaired) electrons. The fourth-order valence-electron chi connectivity index (χ4n) is 11.9. The number of thiocarbonyl (C=S) groups is 1. The molecule has 5 saturated carbocycles. The van der Waals surface area contributed by atoms with E-state index >= 15 is 0 Å². The number of thiocyanates is 1. The summed E-state index contributed by atoms with van der Waals surface area (Å²) >= 11 is 12.8. The number of carbonyl (C=O) groups excluding carboxylic acids is 10. The third-order valence-electron chi connectivity index (χ3n) is 18.1. The minimum atomic E-state index is -0.839. The van der Waals surface area contributed by atoms with Crippen LogP contribution in [0.25, 0.3) is 0 Å². The predicted octanol–water partition coefficient (Wildman–Crippen LogP) is 9.97. The molecule has 10 fully saturated rings. The molecule has 4 N–H and O–H groups in total. The molecule has 0 spiro atoms. The van der Waals surface area contributed by atoms with Gasteiger partial charge in [-0.15, -0.1) is 18.8 Å². The van der Waals surface area contributed by atoms with E-state index in [-0.39, 0.29) is 313 Å². The second-order valence-electron chi connectivity index (χ2n) is 26.8. The first-order valence-electron chi connectivity index (χ1n) is 45.4. The third kappa shape index (κ3) is 56.5. The molecule has 0 aromatic heterocycles. The number of aliphatic carboxylic acids is 1. The van der Waals surface area contributed by atoms with Gasteiger partial charge < -0.3 is 15.5 Å². The zero-order valence-corrected chi connectivity index (χ0v) is 108. The average molecular weight is 3170 g/mol. The number of nitrogens with zero attached hydrogens (tertiary/aromatic N) is 5. The number of methoxy groups -OCH3 is 5. The van der Waals surface area contributed by atoms with Crippen LogP contribution >= 0.6 is 35.9 Å². The molecule has 9 amide bonds. The van der Waals surface area contributed by atoms with Gasteiger partial charge in [0.05, 0.1) is 18.5 Å². The Balaban J connectivity index is -0.000000107. The average Bonchev–Trinajstić information content (AvgIpc) is 1.74. The smallest absolute Gasteiger partial charge is 0.870 e. The van der Waals surface area contributed by atoms with Crippen LogP contribution < -0.4 is 29.5 Å². The van der Waals surface area contributed by atoms with E-state index in [0.717, 1.165) is 116 Å². The first kappa shape index (κ1) is 132. The number of hydrogen-bond donors (Lipinski definition) is 3. The number of carboxylic acids is 1. The zero-order chi connectivity index (χ0) is 109. The van der Waals surface area contributed by atoms with Gasteiger partial charge in [-0.25, -0.2) is 9.10 Å². The van der Waals surface area contributed by atoms with E-state index < -0.39 is 30.1 Å². The number of esters is 1. The van der Waals surface area contributed by atoms with Crippen LogP contribution in [0.5, 0.6) is 0 Å². The Labute approximate surface area is 1030 Å². The summed E-state index contributed by atoms with van der Waals surface area (Å²) in [7, 11) is 7.63. The van der Waals surface area contributed by atoms with Crippen molar-refractivity contribution in [3.05, 3.63) is 184 Å². The molecule has 7 atom stereocenters. The van der Waals surface area contributed by atoms with E-state index in [9.17, 15) is 52.7 Å². The van der Waals surface area contributed by atoms with Gasteiger partial charge in [0, 0.05) is 198 Å². The quantitative estimate of drug-likeness (QED) is 0.00737. The van der Waals surface area contributed by atoms with Gasteiger partial charge in [0.2, 0.25) is 11.8 Å². The van der Waals surface area contributed by atoms with Crippen LogP contribution in [0.3, 0.4) is 0 Å². The van der Waals surface area contributed by atoms with Crippen molar-refractivity contribution in [3.63, 3.8) is 0 Å². The number of aliphatic imine (C=N–C) groups is 1. The monoisotopic (exact) mass is 3170 g/mol. The maximum absolute atomic E-state index is 12.8. The number of nitrogens with one attached hydrogen (secondary N) is 2. The van der Waals surface area contributed by atoms with Gasteiger partial charge in [0.1, 0.15) is 6.61 Å². The second kappa shape index (κ2) is 85.0. The Morgan fingerprint density at radius 2 is 1.01 bits per heavy atom. The minimum absolute atomic E-state index is 0. The van der Waals surface area contributed by atoms with Crippen molar-refractivity contribution in [3.8, 4) is 53.8 Å². The molecule has 136 heavy (non-hydrogen) atoms. The molecule has 0 bridgehead atoms. The molecule has 43 heteroatoms. The van der Waals surface area contributed by atoms with Crippen molar-refractivity contribution in [1.82, 2.24) is 24.7 Å². The Kier molecular flexibility index (Phi) is 82.4. The van der Waals surface area contributed by atoms with E-state index in [1.807, 2.05) is 31.6 Å². The zero-order valence-electron chi connectivity index (χ0n) is 88.7. The van der Waals surface area contributed by atoms with E-state index in [4.69, 9.17) is 118 Å². The molecule has 10 aliphatic rings. The van der Waals surface area contributed by atoms with Crippen molar-refractivity contribution in [2.24, 2.45) is 34.6 Å². The van der Waals surface area contributed by atoms with Crippen molar-refractivity contribution in [2.75, 3.05) is 81.6 Å². The largest absolute Gasteiger partial charge is 1.00 e. The van der Waals surface area contributed by atoms with Gasteiger partial charge in [-0.3, -0.25) is 9.59 Å². The summed E-state index contributed by atoms with van der Waals surface area (Å²) in [6.07, 6.45) is 47.4. The maximum Gasteiger partial charge on any atom is 1.00 e. The Hall–Kier alpha value is -2.13. The summed E-state index contributed by atoms with van der Waals surface area (Å²) in [6, 6.07) is -0.839. The number of terminal acetylenes is 2. The van der Waals surface area contributed by atoms with Gasteiger partial charge in [0.15, 0.2) is 5.40 Å². The number of allylic oxidation sites excluding steroid dienone is 10. The van der Waals surface area contributed by atoms with Crippen LogP contribution in [0.4, 0.5) is 19.2 Å². The van der Waals surface area contributed by atoms with Crippen molar-refractivity contribution in [1.29, 1.82) is 5.26 Å². The van der Waals surface area contributed by atoms with E-state index in [1.165, 1.54) is 134 Å². The molecule has 5 aliphatic heterocycles. The van der Waals surface area contributed by atoms with Crippen molar-refractivity contribution in [2.45, 2.75) is 128 Å². The molecule has 7 unspecified atom stereocenters. The number of carbonyl (C=O) groups is 11. The SMILES string of the molecule is C#CC.C#CC#CC#CC.N#CSN1C(=O)CCC1=O.O=C1NCCO1.[2HH].[2HH].[2HH].[2H][2H].[2H][2H].[2H][2H].[2H][2H].[2H][2H].[2H][2H].[CH-]=C(C=C1C[CH-]C[CH-]C(C(N=C=S)C(=O)N2CCOC2=O)[C]1=[W])OC.[CH-]=C(C=C1C[CH-]C[CH-]C(C2SC(=O)NC2=O)[C]1=[W])OC.[CH-]=C(C=C1C[CH-]C[CH-]C(CC(=O)N2CCOC2=O)[C]1=[W])OC.[CH-]=C(C=C1C[CH-]C[CH-]C(CC(=O)O)[C]1=[W])OC.[CH-]=C(C=C1C[CH-]C[CH-]C(CC(=O)OCC)[C]1=[W])OC.[Li+].[OH-].[Y].[Y].[Y].[Y].[Y]. The Morgan fingerprint density at radius 1 is 0.618 bits per heavy atom. The molecule has 5 aliphatic carbocycles. The number of nitriles is 1. The standard InChI is InChI=1S/C17H17N2O4S.C16H18NO4.C15H19O3.C14H14NO3S.C13H15O3.C7H4.C5H4N2O2S.C3H5NO2.C3H4.Li.H2O.5W.5Y.9H2/c1-12(22-2)9-13-5-3-4-6-14(10-13)15(18-11-24)16(20)19-7-8-23-17(19)21;1-12(20-2)9-13-5-3-4-6-14(10-13)11-15(18)17-7-8-21-16(17)19;1-4-18-15(16)11-14-8-6-5-7-13(10-14)9-12(2)17-3;1-9(18-2)7-10-5-3-4-6-11(8-10)12-13(16)15-14(17)19-12;1-10(16-2)7-11-5-3-4-6-12(8-11)9-13(14)15;1-3-5-7-6-4-2;6-3-10-7-4(8)1-2-5(7)9;5-3-4-1-2-6-3;1-3-2;;;;;;;;;;;;;;;;;;;;;/h1,3,6,9,14-15H,4-5,7-8H2,2H3;1,3,6,9,14H,4-5,7-8,11H2,2H3;2,5,8-9,14H,4,6-7,11H2,1,3H3;1,3,6-7,11-12H,4-5H2,2H3,(H,15,16,17);1,3,6-7,12H,4-5,9H2,2H3,(H,14,15);1H,2H3;1-2H2;1-2H2,(H,4,5);1H,2H3;;1H2;;;;;;;;;;;9*1H/q5*-3;;;;;+1;;;;;;;;;;;;;;;;;;;;/p-1/i;;;;;;;;;;;;;;;;;;;;;6*1+1D;3*1+1. The molecule has 0 aromatic carbocycles. The number of ether oxygens (including phenoxy) is 9. The number of isothiocyanates is 1. The van der Waals surface area contributed by atoms with Crippen LogP contribution in [0.2, 0.25) is 0 Å². The summed E-state index contributed by atoms with van der Waals surface area (Å²) < 4.78 is 111. The van der Waals surface area contributed by atoms with Gasteiger partial charge in [-0.1, -0.05) is 5.92 Å². The number of thioether (sulfide) groups is 1. The van der Waals surface area contributed by atoms with Crippen molar-refractivity contribution >= 4 is 126 Å². The molecular formula is C93H119LiN7O22S3W5Y5-15. The van der Waals surface area contributed by atoms with Gasteiger partial charge in [-0.05, 0) is 37.5 Å². The number of alkyl carbamates (subject to hydrolysis) is 1. The summed E-state index contributed by atoms with van der Waals surface area (Å²) in [6.45, 7) is 36.4. The first-order chi connectivity index (χ1) is 67.6. The van der Waals surface area contributed by atoms with E-state index in [0.29, 0.717) is 86.3 Å². The summed E-state index contributed by atoms with van der Waals surface area (Å²) in [5.41, 5.74) is 5.38. The predicted molar refractivity (Wildman–Crippen MR) is 493 cm³/mol. The molecule has 10 rings (SSSR count). The number of carboxylic acid groups (broad SMARTS) is 1. The van der Waals surface area contributed by atoms with Gasteiger partial charge in [0.25, 0.3) is 0 Å². The molecule has 29 nitrogen and oxygen atoms in total. The number of rotatable bonds is 22. The maximum atomic E-state index is 12.8. The van der Waals surface area contributed by atoms with Crippen molar-refractivity contribution < 1.29 is 407 Å². The normalized spacial score (nSPS) is 21.2. The molecule has 5 heterocycles. The van der Waals surface area contributed by atoms with Crippen LogP contribution in [-0.4, -0.2) is 207 Å². The Morgan fingerprint density at radius 3 is 1.35 bits per heavy atom. The van der Waals surface area contributed by atoms with Gasteiger partial charge in [-0.2, -0.15) is 5.26 Å². The molecule has 5 saturated heterocycles. The minimum Gasteiger partial charge on any atom is -0.870 e. The Bertz CT molecular complexity index is 4720. The number of amides is 9. The third-order valence-corrected chi connectivity index (χ3v) is 29.9. The van der Waals surface area contributed by atoms with Crippen LogP contribution in [0.1, 0.15) is 139 Å². The van der Waals surface area contributed by atoms with Crippen LogP contribution in [0, 0.1) is 186 Å². The van der Waals surface area contributed by atoms with E-state index in [2.05, 4.69) is 125 Å². The van der Waals surface area contributed by atoms with Crippen LogP contribution in [-0.2, 0) is 337 Å². The first-order valence-corrected chi connectivity index (χ1v) is 48.8. The second-order valence-corrected chi connectivity index (χ2v) is 36.8. The summed E-state index contributed by atoms with van der Waals surface area (Å²) in [4.78, 5) is 132.